The SMILES string of the molecule is Fc1cc([C@@H](N2CCNCC2)C(F)(F)F)cc(C(F)(F)F)c1. The van der Waals surface area contributed by atoms with Crippen molar-refractivity contribution in [1.82, 2.24) is 10.2 Å². The van der Waals surface area contributed by atoms with Gasteiger partial charge in [-0.05, 0) is 23.8 Å². The molecule has 1 atom stereocenters. The quantitative estimate of drug-likeness (QED) is 0.837. The summed E-state index contributed by atoms with van der Waals surface area (Å²) in [4.78, 5) is 1.01. The number of piperazine rings is 1. The smallest absolute Gasteiger partial charge is 0.314 e. The molecule has 0 unspecified atom stereocenters. The molecular weight excluding hydrogens is 317 g/mol. The number of hydrogen-bond acceptors (Lipinski definition) is 2. The molecule has 22 heavy (non-hydrogen) atoms. The number of nitrogens with one attached hydrogen (secondary N) is 1. The van der Waals surface area contributed by atoms with E-state index in [1.54, 1.807) is 0 Å². The van der Waals surface area contributed by atoms with Gasteiger partial charge in [-0.15, -0.1) is 0 Å². The summed E-state index contributed by atoms with van der Waals surface area (Å²) in [6.45, 7) is 0.603. The second kappa shape index (κ2) is 6.04. The van der Waals surface area contributed by atoms with Crippen molar-refractivity contribution in [1.29, 1.82) is 0 Å². The van der Waals surface area contributed by atoms with Gasteiger partial charge in [-0.2, -0.15) is 26.3 Å². The van der Waals surface area contributed by atoms with Crippen LogP contribution in [0.15, 0.2) is 18.2 Å². The molecule has 0 aliphatic carbocycles. The van der Waals surface area contributed by atoms with Gasteiger partial charge in [0.15, 0.2) is 0 Å². The minimum atomic E-state index is -4.91. The monoisotopic (exact) mass is 330 g/mol. The maximum Gasteiger partial charge on any atom is 0.416 e. The van der Waals surface area contributed by atoms with E-state index in [0.29, 0.717) is 12.1 Å². The summed E-state index contributed by atoms with van der Waals surface area (Å²) in [6, 6.07) is -1.20. The van der Waals surface area contributed by atoms with Gasteiger partial charge in [0.05, 0.1) is 5.56 Å². The standard InChI is InChI=1S/C13H13F7N2/c14-10-6-8(5-9(7-10)12(15,16)17)11(13(18,19)20)22-3-1-21-2-4-22/h5-7,11,21H,1-4H2/t11-/m1/s1. The third kappa shape index (κ3) is 3.89. The Morgan fingerprint density at radius 1 is 0.955 bits per heavy atom. The first-order valence-corrected chi connectivity index (χ1v) is 6.48. The summed E-state index contributed by atoms with van der Waals surface area (Å²) in [7, 11) is 0. The van der Waals surface area contributed by atoms with Crippen molar-refractivity contribution in [3.8, 4) is 0 Å². The first kappa shape index (κ1) is 17.0. The van der Waals surface area contributed by atoms with E-state index < -0.39 is 35.3 Å². The van der Waals surface area contributed by atoms with Crippen LogP contribution in [-0.2, 0) is 6.18 Å². The zero-order valence-electron chi connectivity index (χ0n) is 11.2. The highest BCUT2D eigenvalue weighted by atomic mass is 19.4. The molecule has 0 saturated carbocycles. The van der Waals surface area contributed by atoms with Gasteiger partial charge in [-0.25, -0.2) is 4.39 Å². The molecule has 0 amide bonds. The van der Waals surface area contributed by atoms with E-state index in [4.69, 9.17) is 0 Å². The highest BCUT2D eigenvalue weighted by molar-refractivity contribution is 5.30. The van der Waals surface area contributed by atoms with E-state index in [2.05, 4.69) is 5.32 Å². The van der Waals surface area contributed by atoms with E-state index in [0.717, 1.165) is 4.90 Å². The van der Waals surface area contributed by atoms with Crippen LogP contribution in [0, 0.1) is 5.82 Å². The van der Waals surface area contributed by atoms with Crippen LogP contribution in [0.3, 0.4) is 0 Å². The van der Waals surface area contributed by atoms with Crippen LogP contribution in [0.4, 0.5) is 30.7 Å². The summed E-state index contributed by atoms with van der Waals surface area (Å²) >= 11 is 0. The van der Waals surface area contributed by atoms with E-state index in [1.807, 2.05) is 0 Å². The molecule has 0 spiro atoms. The van der Waals surface area contributed by atoms with Gasteiger partial charge >= 0.3 is 12.4 Å². The van der Waals surface area contributed by atoms with Gasteiger partial charge in [0.2, 0.25) is 0 Å². The Balaban J connectivity index is 2.45. The molecule has 2 nitrogen and oxygen atoms in total. The lowest BCUT2D eigenvalue weighted by atomic mass is 10.0. The summed E-state index contributed by atoms with van der Waals surface area (Å²) in [6.07, 6.45) is -9.70. The van der Waals surface area contributed by atoms with Crippen LogP contribution in [0.5, 0.6) is 0 Å². The minimum Gasteiger partial charge on any atom is -0.314 e. The summed E-state index contributed by atoms with van der Waals surface area (Å²) in [5, 5.41) is 2.86. The lowest BCUT2D eigenvalue weighted by Crippen LogP contribution is -2.49. The molecule has 1 aromatic rings. The lowest BCUT2D eigenvalue weighted by Gasteiger charge is -2.36. The van der Waals surface area contributed by atoms with E-state index in [-0.39, 0.29) is 32.2 Å². The molecule has 0 bridgehead atoms. The molecule has 1 fully saturated rings. The zero-order valence-corrected chi connectivity index (χ0v) is 11.2. The Kier molecular flexibility index (Phi) is 4.67. The molecule has 2 rings (SSSR count). The molecule has 1 aliphatic rings. The Hall–Kier alpha value is -1.35. The van der Waals surface area contributed by atoms with Crippen molar-refractivity contribution >= 4 is 0 Å². The second-order valence-corrected chi connectivity index (χ2v) is 5.00. The molecule has 1 aromatic carbocycles. The van der Waals surface area contributed by atoms with E-state index in [9.17, 15) is 30.7 Å². The molecule has 124 valence electrons. The van der Waals surface area contributed by atoms with Crippen molar-refractivity contribution in [3.63, 3.8) is 0 Å². The first-order chi connectivity index (χ1) is 10.1. The number of nitrogens with zero attached hydrogens (tertiary/aromatic N) is 1. The number of halogens is 7. The van der Waals surface area contributed by atoms with Crippen LogP contribution >= 0.6 is 0 Å². The molecule has 1 heterocycles. The van der Waals surface area contributed by atoms with E-state index in [1.165, 1.54) is 0 Å². The molecule has 0 radical (unpaired) electrons. The fraction of sp³-hybridized carbons (Fsp3) is 0.538. The normalized spacial score (nSPS) is 19.2. The van der Waals surface area contributed by atoms with Crippen LogP contribution in [-0.4, -0.2) is 37.3 Å². The average molecular weight is 330 g/mol. The summed E-state index contributed by atoms with van der Waals surface area (Å²) < 4.78 is 91.3. The number of rotatable bonds is 2. The molecular formula is C13H13F7N2. The Bertz CT molecular complexity index is 518. The molecule has 1 N–H and O–H groups in total. The minimum absolute atomic E-state index is 0.0159. The van der Waals surface area contributed by atoms with Crippen molar-refractivity contribution in [2.75, 3.05) is 26.2 Å². The zero-order chi connectivity index (χ0) is 16.5. The second-order valence-electron chi connectivity index (χ2n) is 5.00. The first-order valence-electron chi connectivity index (χ1n) is 6.48. The molecule has 0 aromatic heterocycles. The summed E-state index contributed by atoms with van der Waals surface area (Å²) in [5.41, 5.74) is -2.16. The predicted molar refractivity (Wildman–Crippen MR) is 64.6 cm³/mol. The van der Waals surface area contributed by atoms with Gasteiger partial charge in [-0.1, -0.05) is 0 Å². The van der Waals surface area contributed by atoms with Crippen molar-refractivity contribution in [2.24, 2.45) is 0 Å². The van der Waals surface area contributed by atoms with Crippen LogP contribution in [0.1, 0.15) is 17.2 Å². The molecule has 9 heteroatoms. The van der Waals surface area contributed by atoms with Gasteiger partial charge < -0.3 is 5.32 Å². The molecule has 1 aliphatic heterocycles. The summed E-state index contributed by atoms with van der Waals surface area (Å²) in [5.74, 6) is -1.34. The Morgan fingerprint density at radius 3 is 2.05 bits per heavy atom. The van der Waals surface area contributed by atoms with Crippen molar-refractivity contribution in [3.05, 3.63) is 35.1 Å². The highest BCUT2D eigenvalue weighted by Gasteiger charge is 2.46. The maximum atomic E-state index is 13.4. The number of hydrogen-bond donors (Lipinski definition) is 1. The van der Waals surface area contributed by atoms with E-state index >= 15 is 0 Å². The fourth-order valence-electron chi connectivity index (χ4n) is 2.48. The Morgan fingerprint density at radius 2 is 1.55 bits per heavy atom. The largest absolute Gasteiger partial charge is 0.416 e. The fourth-order valence-corrected chi connectivity index (χ4v) is 2.48. The predicted octanol–water partition coefficient (Wildman–Crippen LogP) is 3.35. The van der Waals surface area contributed by atoms with Gasteiger partial charge in [0.25, 0.3) is 0 Å². The number of alkyl halides is 6. The highest BCUT2D eigenvalue weighted by Crippen LogP contribution is 2.40. The lowest BCUT2D eigenvalue weighted by molar-refractivity contribution is -0.188. The van der Waals surface area contributed by atoms with Crippen LogP contribution < -0.4 is 5.32 Å². The Labute approximate surface area is 121 Å². The average Bonchev–Trinajstić information content (AvgIpc) is 2.36. The van der Waals surface area contributed by atoms with Crippen LogP contribution in [0.2, 0.25) is 0 Å². The third-order valence-corrected chi connectivity index (χ3v) is 3.39. The van der Waals surface area contributed by atoms with Crippen molar-refractivity contribution in [2.45, 2.75) is 18.4 Å². The number of benzene rings is 1. The molecule has 1 saturated heterocycles. The van der Waals surface area contributed by atoms with Crippen LogP contribution in [0.25, 0.3) is 0 Å². The topological polar surface area (TPSA) is 15.3 Å². The van der Waals surface area contributed by atoms with Crippen molar-refractivity contribution < 1.29 is 30.7 Å². The third-order valence-electron chi connectivity index (χ3n) is 3.39. The van der Waals surface area contributed by atoms with Gasteiger partial charge in [0.1, 0.15) is 11.9 Å². The van der Waals surface area contributed by atoms with Gasteiger partial charge in [0, 0.05) is 26.2 Å². The maximum absolute atomic E-state index is 13.4. The van der Waals surface area contributed by atoms with Gasteiger partial charge in [-0.3, -0.25) is 4.90 Å².